The highest BCUT2D eigenvalue weighted by Gasteiger charge is 2.18. The van der Waals surface area contributed by atoms with Gasteiger partial charge in [-0.05, 0) is 60.2 Å². The molecular weight excluding hydrogens is 509 g/mol. The molecule has 0 aliphatic heterocycles. The molecule has 3 aromatic carbocycles. The fraction of sp³-hybridized carbons (Fsp3) is 0.333. The molecule has 0 unspecified atom stereocenters. The monoisotopic (exact) mass is 542 g/mol. The highest BCUT2D eigenvalue weighted by Crippen LogP contribution is 2.16. The largest absolute Gasteiger partial charge is 0.299 e. The Morgan fingerprint density at radius 3 is 1.62 bits per heavy atom. The van der Waals surface area contributed by atoms with Crippen LogP contribution in [0.2, 0.25) is 0 Å². The average Bonchev–Trinajstić information content (AvgIpc) is 2.86. The number of benzene rings is 3. The fourth-order valence-electron chi connectivity index (χ4n) is 3.92. The van der Waals surface area contributed by atoms with Crippen LogP contribution >= 0.6 is 0 Å². The van der Waals surface area contributed by atoms with Gasteiger partial charge in [-0.15, -0.1) is 0 Å². The summed E-state index contributed by atoms with van der Waals surface area (Å²) in [5.74, 6) is -3.25. The molecule has 0 spiro atoms. The Kier molecular flexibility index (Phi) is 14.2. The Labute approximate surface area is 229 Å². The van der Waals surface area contributed by atoms with Gasteiger partial charge in [-0.3, -0.25) is 14.4 Å². The molecule has 4 nitrogen and oxygen atoms in total. The van der Waals surface area contributed by atoms with E-state index in [-0.39, 0.29) is 32.4 Å². The first-order chi connectivity index (χ1) is 18.0. The Balaban J connectivity index is 0.000000389. The van der Waals surface area contributed by atoms with E-state index in [1.165, 1.54) is 38.4 Å². The van der Waals surface area contributed by atoms with Crippen LogP contribution in [0.3, 0.4) is 0 Å². The van der Waals surface area contributed by atoms with Crippen LogP contribution in [-0.4, -0.2) is 39.3 Å². The summed E-state index contributed by atoms with van der Waals surface area (Å²) in [6.07, 6.45) is 1.77. The van der Waals surface area contributed by atoms with Gasteiger partial charge >= 0.3 is 0 Å². The van der Waals surface area contributed by atoms with E-state index in [0.717, 1.165) is 22.8 Å². The number of hydrogen-bond acceptors (Lipinski definition) is 3. The first kappa shape index (κ1) is 33.6. The van der Waals surface area contributed by atoms with E-state index < -0.39 is 29.2 Å². The third-order valence-electron chi connectivity index (χ3n) is 5.99. The van der Waals surface area contributed by atoms with E-state index in [2.05, 4.69) is 0 Å². The second-order valence-corrected chi connectivity index (χ2v) is 9.24. The van der Waals surface area contributed by atoms with Crippen LogP contribution in [0, 0.1) is 35.1 Å². The van der Waals surface area contributed by atoms with E-state index >= 15 is 0 Å². The number of hydroxylamine groups is 2. The maximum absolute atomic E-state index is 13.1. The van der Waals surface area contributed by atoms with Gasteiger partial charge < -0.3 is 0 Å². The average molecular weight is 542 g/mol. The lowest BCUT2D eigenvalue weighted by Gasteiger charge is -2.18. The Bertz CT molecular complexity index is 1170. The van der Waals surface area contributed by atoms with Gasteiger partial charge in [-0.1, -0.05) is 44.2 Å². The minimum Gasteiger partial charge on any atom is -0.299 e. The number of aryl methyl sites for hydroxylation is 1. The standard InChI is InChI=1S/C18H18F2O.C12H15F2NO2.B/c1-13(9-15-10-16(19)12-17(20)11-15)18(21)8-7-14-5-3-2-4-6-14;1-8(12(16)15(2)17-3)4-9-5-10(13)7-11(14)6-9;/h2-6,10-13H,7-9H2,1H3;5-8H,4H2,1-3H3;/t13-;8-;/m00./s1. The summed E-state index contributed by atoms with van der Waals surface area (Å²) in [6.45, 7) is 3.48. The van der Waals surface area contributed by atoms with Crippen molar-refractivity contribution in [2.24, 2.45) is 11.8 Å². The molecule has 0 fully saturated rings. The van der Waals surface area contributed by atoms with Gasteiger partial charge in [0, 0.05) is 45.9 Å². The van der Waals surface area contributed by atoms with Crippen molar-refractivity contribution in [2.75, 3.05) is 14.2 Å². The SMILES string of the molecule is CON(C)C(=O)[C@@H](C)Cc1cc(F)cc(F)c1.C[C@@H](Cc1cc(F)cc(F)c1)C(=O)CCc1ccccc1.[B]. The molecule has 3 rings (SSSR count). The molecule has 0 aliphatic carbocycles. The minimum absolute atomic E-state index is 0. The smallest absolute Gasteiger partial charge is 0.248 e. The topological polar surface area (TPSA) is 46.6 Å². The quantitative estimate of drug-likeness (QED) is 0.176. The van der Waals surface area contributed by atoms with Crippen LogP contribution in [0.25, 0.3) is 0 Å². The fourth-order valence-corrected chi connectivity index (χ4v) is 3.92. The van der Waals surface area contributed by atoms with Gasteiger partial charge in [-0.2, -0.15) is 0 Å². The predicted octanol–water partition coefficient (Wildman–Crippen LogP) is 6.13. The summed E-state index contributed by atoms with van der Waals surface area (Å²) >= 11 is 0. The molecular formula is C30H33BF4NO3. The summed E-state index contributed by atoms with van der Waals surface area (Å²) in [6, 6.07) is 16.4. The molecule has 0 aromatic heterocycles. The maximum Gasteiger partial charge on any atom is 0.248 e. The highest BCUT2D eigenvalue weighted by atomic mass is 19.1. The van der Waals surface area contributed by atoms with Gasteiger partial charge in [0.2, 0.25) is 5.91 Å². The van der Waals surface area contributed by atoms with Crippen molar-refractivity contribution < 1.29 is 32.0 Å². The number of hydrogen-bond donors (Lipinski definition) is 0. The molecule has 2 atom stereocenters. The lowest BCUT2D eigenvalue weighted by Crippen LogP contribution is -2.31. The number of ketones is 1. The Morgan fingerprint density at radius 1 is 0.744 bits per heavy atom. The Hall–Kier alpha value is -3.46. The zero-order valence-electron chi connectivity index (χ0n) is 22.6. The molecule has 0 bridgehead atoms. The molecule has 0 heterocycles. The Morgan fingerprint density at radius 2 is 1.18 bits per heavy atom. The van der Waals surface area contributed by atoms with Gasteiger partial charge in [0.05, 0.1) is 7.11 Å². The van der Waals surface area contributed by atoms with E-state index in [4.69, 9.17) is 4.84 Å². The summed E-state index contributed by atoms with van der Waals surface area (Å²) in [4.78, 5) is 28.5. The van der Waals surface area contributed by atoms with Gasteiger partial charge in [0.15, 0.2) is 0 Å². The number of carbonyl (C=O) groups excluding carboxylic acids is 2. The summed E-state index contributed by atoms with van der Waals surface area (Å²) < 4.78 is 52.1. The highest BCUT2D eigenvalue weighted by molar-refractivity contribution is 5.81. The maximum atomic E-state index is 13.1. The van der Waals surface area contributed by atoms with Crippen molar-refractivity contribution in [1.29, 1.82) is 0 Å². The first-order valence-electron chi connectivity index (χ1n) is 12.3. The molecule has 207 valence electrons. The zero-order chi connectivity index (χ0) is 28.2. The van der Waals surface area contributed by atoms with Crippen LogP contribution in [0.4, 0.5) is 17.6 Å². The predicted molar refractivity (Wildman–Crippen MR) is 144 cm³/mol. The van der Waals surface area contributed by atoms with E-state index in [0.29, 0.717) is 30.4 Å². The van der Waals surface area contributed by atoms with Crippen LogP contribution < -0.4 is 0 Å². The molecule has 0 saturated carbocycles. The van der Waals surface area contributed by atoms with Crippen LogP contribution in [0.15, 0.2) is 66.7 Å². The number of halogens is 4. The number of carbonyl (C=O) groups is 2. The molecule has 0 aliphatic rings. The molecule has 3 radical (unpaired) electrons. The zero-order valence-corrected chi connectivity index (χ0v) is 22.6. The van der Waals surface area contributed by atoms with Crippen molar-refractivity contribution in [3.63, 3.8) is 0 Å². The lowest BCUT2D eigenvalue weighted by molar-refractivity contribution is -0.172. The number of Topliss-reactive ketones (excluding diaryl/α,β-unsaturated/α-hetero) is 1. The minimum atomic E-state index is -0.639. The van der Waals surface area contributed by atoms with Gasteiger partial charge in [0.1, 0.15) is 29.1 Å². The summed E-state index contributed by atoms with van der Waals surface area (Å²) in [5, 5.41) is 1.10. The van der Waals surface area contributed by atoms with Crippen molar-refractivity contribution in [3.8, 4) is 0 Å². The number of amides is 1. The first-order valence-corrected chi connectivity index (χ1v) is 12.3. The van der Waals surface area contributed by atoms with Crippen LogP contribution in [0.1, 0.15) is 37.0 Å². The molecule has 0 N–H and O–H groups in total. The third-order valence-corrected chi connectivity index (χ3v) is 5.99. The van der Waals surface area contributed by atoms with Crippen molar-refractivity contribution >= 4 is 20.1 Å². The van der Waals surface area contributed by atoms with Gasteiger partial charge in [-0.25, -0.2) is 22.6 Å². The number of rotatable bonds is 10. The third kappa shape index (κ3) is 11.9. The van der Waals surface area contributed by atoms with Crippen LogP contribution in [-0.2, 0) is 33.7 Å². The van der Waals surface area contributed by atoms with Crippen molar-refractivity contribution in [3.05, 3.63) is 107 Å². The van der Waals surface area contributed by atoms with E-state index in [1.54, 1.807) is 13.8 Å². The van der Waals surface area contributed by atoms with E-state index in [1.807, 2.05) is 30.3 Å². The van der Waals surface area contributed by atoms with Crippen molar-refractivity contribution in [2.45, 2.75) is 39.5 Å². The number of nitrogens with zero attached hydrogens (tertiary/aromatic N) is 1. The molecule has 39 heavy (non-hydrogen) atoms. The summed E-state index contributed by atoms with van der Waals surface area (Å²) in [5.41, 5.74) is 2.09. The lowest BCUT2D eigenvalue weighted by atomic mass is 9.93. The van der Waals surface area contributed by atoms with Gasteiger partial charge in [0.25, 0.3) is 0 Å². The molecule has 9 heteroatoms. The second kappa shape index (κ2) is 16.5. The second-order valence-electron chi connectivity index (χ2n) is 9.24. The van der Waals surface area contributed by atoms with Crippen molar-refractivity contribution in [1.82, 2.24) is 5.06 Å². The van der Waals surface area contributed by atoms with Crippen LogP contribution in [0.5, 0.6) is 0 Å². The normalized spacial score (nSPS) is 11.9. The molecule has 1 amide bonds. The molecule has 3 aromatic rings. The molecule has 0 saturated heterocycles. The summed E-state index contributed by atoms with van der Waals surface area (Å²) in [7, 11) is 2.87. The van der Waals surface area contributed by atoms with E-state index in [9.17, 15) is 27.2 Å².